The van der Waals surface area contributed by atoms with Crippen LogP contribution in [-0.4, -0.2) is 40.3 Å². The Morgan fingerprint density at radius 3 is 2.86 bits per heavy atom. The predicted octanol–water partition coefficient (Wildman–Crippen LogP) is 3.77. The van der Waals surface area contributed by atoms with Crippen LogP contribution in [0, 0.1) is 0 Å². The van der Waals surface area contributed by atoms with Crippen molar-refractivity contribution < 1.29 is 9.21 Å². The van der Waals surface area contributed by atoms with E-state index in [-0.39, 0.29) is 36.8 Å². The predicted molar refractivity (Wildman–Crippen MR) is 118 cm³/mol. The summed E-state index contributed by atoms with van der Waals surface area (Å²) in [6, 6.07) is 5.56. The van der Waals surface area contributed by atoms with Gasteiger partial charge in [-0.25, -0.2) is 9.67 Å². The molecular formula is C20H25Cl2N5O2. The van der Waals surface area contributed by atoms with Crippen LogP contribution in [0.2, 0.25) is 0 Å². The Kier molecular flexibility index (Phi) is 7.84. The lowest BCUT2D eigenvalue weighted by atomic mass is 10.1. The third-order valence-electron chi connectivity index (χ3n) is 4.71. The van der Waals surface area contributed by atoms with Crippen LogP contribution in [0.4, 0.5) is 0 Å². The summed E-state index contributed by atoms with van der Waals surface area (Å²) in [6.45, 7) is 6.44. The summed E-state index contributed by atoms with van der Waals surface area (Å²) in [7, 11) is 0. The van der Waals surface area contributed by atoms with E-state index < -0.39 is 0 Å². The summed E-state index contributed by atoms with van der Waals surface area (Å²) in [6.07, 6.45) is 6.41. The first kappa shape index (κ1) is 22.9. The molecule has 1 aliphatic heterocycles. The van der Waals surface area contributed by atoms with Crippen LogP contribution in [0.5, 0.6) is 0 Å². The molecule has 0 aliphatic carbocycles. The smallest absolute Gasteiger partial charge is 0.252 e. The Balaban J connectivity index is 0.00000150. The molecule has 0 radical (unpaired) electrons. The summed E-state index contributed by atoms with van der Waals surface area (Å²) in [5.41, 5.74) is 3.12. The molecule has 3 aromatic heterocycles. The van der Waals surface area contributed by atoms with Crippen molar-refractivity contribution in [2.24, 2.45) is 0 Å². The van der Waals surface area contributed by atoms with Gasteiger partial charge < -0.3 is 15.1 Å². The van der Waals surface area contributed by atoms with Crippen LogP contribution in [0.15, 0.2) is 46.7 Å². The van der Waals surface area contributed by atoms with E-state index in [1.54, 1.807) is 18.5 Å². The highest BCUT2D eigenvalue weighted by Crippen LogP contribution is 2.26. The van der Waals surface area contributed by atoms with E-state index in [0.717, 1.165) is 24.9 Å². The number of pyridine rings is 1. The number of rotatable bonds is 5. The molecule has 0 aromatic carbocycles. The van der Waals surface area contributed by atoms with Gasteiger partial charge in [0.05, 0.1) is 23.4 Å². The van der Waals surface area contributed by atoms with Gasteiger partial charge in [0.2, 0.25) is 0 Å². The zero-order valence-electron chi connectivity index (χ0n) is 16.3. The number of amides is 1. The molecule has 7 nitrogen and oxygen atoms in total. The van der Waals surface area contributed by atoms with Crippen molar-refractivity contribution >= 4 is 41.8 Å². The molecule has 0 spiro atoms. The molecule has 4 rings (SSSR count). The SMILES string of the molecule is CC(C)n1ncc2c(C(=O)NCC3=CCNCC3)cc(-c3ccco3)nc21.Cl.Cl. The molecule has 0 fully saturated rings. The monoisotopic (exact) mass is 437 g/mol. The molecule has 4 heterocycles. The fourth-order valence-electron chi connectivity index (χ4n) is 3.25. The first-order valence-corrected chi connectivity index (χ1v) is 9.22. The van der Waals surface area contributed by atoms with Gasteiger partial charge in [-0.2, -0.15) is 5.10 Å². The van der Waals surface area contributed by atoms with Crippen molar-refractivity contribution in [1.29, 1.82) is 0 Å². The number of fused-ring (bicyclic) bond motifs is 1. The molecule has 2 N–H and O–H groups in total. The first-order valence-electron chi connectivity index (χ1n) is 9.22. The second-order valence-electron chi connectivity index (χ2n) is 6.95. The molecule has 0 unspecified atom stereocenters. The van der Waals surface area contributed by atoms with E-state index >= 15 is 0 Å². The fourth-order valence-corrected chi connectivity index (χ4v) is 3.25. The van der Waals surface area contributed by atoms with E-state index in [1.165, 1.54) is 5.57 Å². The first-order chi connectivity index (χ1) is 13.1. The van der Waals surface area contributed by atoms with Crippen LogP contribution in [0.1, 0.15) is 36.7 Å². The third kappa shape index (κ3) is 4.80. The van der Waals surface area contributed by atoms with Crippen LogP contribution in [0.25, 0.3) is 22.5 Å². The zero-order valence-corrected chi connectivity index (χ0v) is 18.0. The molecule has 0 atom stereocenters. The average Bonchev–Trinajstić information content (AvgIpc) is 3.35. The summed E-state index contributed by atoms with van der Waals surface area (Å²) < 4.78 is 7.32. The van der Waals surface area contributed by atoms with Gasteiger partial charge in [0.15, 0.2) is 11.4 Å². The number of carbonyl (C=O) groups is 1. The van der Waals surface area contributed by atoms with E-state index in [2.05, 4.69) is 21.8 Å². The van der Waals surface area contributed by atoms with E-state index in [9.17, 15) is 4.79 Å². The number of hydrogen-bond donors (Lipinski definition) is 2. The fraction of sp³-hybridized carbons (Fsp3) is 0.350. The highest BCUT2D eigenvalue weighted by atomic mass is 35.5. The molecule has 0 saturated heterocycles. The third-order valence-corrected chi connectivity index (χ3v) is 4.71. The lowest BCUT2D eigenvalue weighted by Crippen LogP contribution is -2.29. The topological polar surface area (TPSA) is 85.0 Å². The Morgan fingerprint density at radius 2 is 2.21 bits per heavy atom. The van der Waals surface area contributed by atoms with Crippen molar-refractivity contribution in [3.63, 3.8) is 0 Å². The molecule has 3 aromatic rings. The Labute approximate surface area is 181 Å². The van der Waals surface area contributed by atoms with Gasteiger partial charge >= 0.3 is 0 Å². The molecule has 156 valence electrons. The summed E-state index contributed by atoms with van der Waals surface area (Å²) in [5, 5.41) is 11.5. The number of aromatic nitrogens is 3. The Morgan fingerprint density at radius 1 is 1.38 bits per heavy atom. The summed E-state index contributed by atoms with van der Waals surface area (Å²) >= 11 is 0. The maximum Gasteiger partial charge on any atom is 0.252 e. The van der Waals surface area contributed by atoms with Crippen molar-refractivity contribution in [2.75, 3.05) is 19.6 Å². The molecule has 29 heavy (non-hydrogen) atoms. The van der Waals surface area contributed by atoms with Gasteiger partial charge in [0.1, 0.15) is 5.69 Å². The number of furan rings is 1. The normalized spacial score (nSPS) is 13.6. The van der Waals surface area contributed by atoms with Crippen molar-refractivity contribution in [1.82, 2.24) is 25.4 Å². The lowest BCUT2D eigenvalue weighted by molar-refractivity contribution is 0.0958. The molecular weight excluding hydrogens is 413 g/mol. The summed E-state index contributed by atoms with van der Waals surface area (Å²) in [5.74, 6) is 0.501. The second-order valence-corrected chi connectivity index (χ2v) is 6.95. The van der Waals surface area contributed by atoms with E-state index in [0.29, 0.717) is 29.2 Å². The number of halogens is 2. The van der Waals surface area contributed by atoms with Crippen LogP contribution in [-0.2, 0) is 0 Å². The van der Waals surface area contributed by atoms with Gasteiger partial charge in [-0.05, 0) is 45.0 Å². The Bertz CT molecular complexity index is 996. The van der Waals surface area contributed by atoms with Crippen molar-refractivity contribution in [3.05, 3.63) is 47.9 Å². The molecule has 0 saturated carbocycles. The van der Waals surface area contributed by atoms with Crippen molar-refractivity contribution in [3.8, 4) is 11.5 Å². The summed E-state index contributed by atoms with van der Waals surface area (Å²) in [4.78, 5) is 17.7. The maximum atomic E-state index is 13.0. The van der Waals surface area contributed by atoms with Gasteiger partial charge in [0.25, 0.3) is 5.91 Å². The molecule has 1 amide bonds. The zero-order chi connectivity index (χ0) is 18.8. The van der Waals surface area contributed by atoms with Crippen molar-refractivity contribution in [2.45, 2.75) is 26.3 Å². The number of nitrogens with zero attached hydrogens (tertiary/aromatic N) is 3. The lowest BCUT2D eigenvalue weighted by Gasteiger charge is -2.15. The van der Waals surface area contributed by atoms with Gasteiger partial charge in [-0.15, -0.1) is 24.8 Å². The number of carbonyl (C=O) groups excluding carboxylic acids is 1. The minimum atomic E-state index is -0.127. The number of nitrogens with one attached hydrogen (secondary N) is 2. The highest BCUT2D eigenvalue weighted by Gasteiger charge is 2.19. The Hall–Kier alpha value is -2.35. The van der Waals surface area contributed by atoms with Gasteiger partial charge in [-0.1, -0.05) is 11.6 Å². The minimum Gasteiger partial charge on any atom is -0.463 e. The molecule has 0 bridgehead atoms. The molecule has 9 heteroatoms. The minimum absolute atomic E-state index is 0. The maximum absolute atomic E-state index is 13.0. The van der Waals surface area contributed by atoms with E-state index in [4.69, 9.17) is 9.40 Å². The number of hydrogen-bond acceptors (Lipinski definition) is 5. The van der Waals surface area contributed by atoms with Crippen LogP contribution in [0.3, 0.4) is 0 Å². The van der Waals surface area contributed by atoms with E-state index in [1.807, 2.05) is 30.7 Å². The average molecular weight is 438 g/mol. The van der Waals surface area contributed by atoms with Crippen LogP contribution >= 0.6 is 24.8 Å². The quantitative estimate of drug-likeness (QED) is 0.593. The standard InChI is InChI=1S/C20H23N5O2.2ClH/c1-13(2)25-19-16(12-23-25)15(10-17(24-19)18-4-3-9-27-18)20(26)22-11-14-5-7-21-8-6-14;;/h3-5,9-10,12-13,21H,6-8,11H2,1-2H3,(H,22,26);2*1H. The van der Waals surface area contributed by atoms with Gasteiger partial charge in [0, 0.05) is 19.1 Å². The van der Waals surface area contributed by atoms with Crippen LogP contribution < -0.4 is 10.6 Å². The van der Waals surface area contributed by atoms with Gasteiger partial charge in [-0.3, -0.25) is 4.79 Å². The highest BCUT2D eigenvalue weighted by molar-refractivity contribution is 6.06. The largest absolute Gasteiger partial charge is 0.463 e. The second kappa shape index (κ2) is 9.91. The molecule has 1 aliphatic rings.